The molecule has 2 aromatic heterocycles. The van der Waals surface area contributed by atoms with Gasteiger partial charge in [0.05, 0.1) is 6.26 Å². The maximum atomic E-state index is 6.21. The van der Waals surface area contributed by atoms with Gasteiger partial charge in [0.15, 0.2) is 0 Å². The van der Waals surface area contributed by atoms with Crippen molar-refractivity contribution in [2.45, 2.75) is 0 Å². The molecule has 0 saturated heterocycles. The molecule has 0 aliphatic rings. The monoisotopic (exact) mass is 652 g/mol. The summed E-state index contributed by atoms with van der Waals surface area (Å²) < 4.78 is 8.76. The Bertz CT molecular complexity index is 3100. The number of fused-ring (bicyclic) bond motifs is 8. The molecule has 0 fully saturated rings. The summed E-state index contributed by atoms with van der Waals surface area (Å²) in [5, 5.41) is 13.8. The molecule has 0 bridgehead atoms. The zero-order valence-corrected chi connectivity index (χ0v) is 27.8. The highest BCUT2D eigenvalue weighted by Crippen LogP contribution is 2.47. The zero-order valence-electron chi connectivity index (χ0n) is 27.0. The number of hydrogen-bond acceptors (Lipinski definition) is 2. The van der Waals surface area contributed by atoms with Crippen molar-refractivity contribution in [3.63, 3.8) is 0 Å². The molecule has 0 aliphatic heterocycles. The maximum absolute atomic E-state index is 6.21. The van der Waals surface area contributed by atoms with E-state index < -0.39 is 0 Å². The Labute approximate surface area is 292 Å². The molecule has 2 heteroatoms. The number of rotatable bonds is 3. The third-order valence-corrected chi connectivity index (χ3v) is 11.6. The maximum Gasteiger partial charge on any atom is 0.135 e. The Kier molecular flexibility index (Phi) is 5.89. The van der Waals surface area contributed by atoms with E-state index in [0.29, 0.717) is 0 Å². The van der Waals surface area contributed by atoms with E-state index >= 15 is 0 Å². The third kappa shape index (κ3) is 4.06. The van der Waals surface area contributed by atoms with Gasteiger partial charge in [0, 0.05) is 31.1 Å². The summed E-state index contributed by atoms with van der Waals surface area (Å²) in [4.78, 5) is 0. The van der Waals surface area contributed by atoms with Gasteiger partial charge in [-0.1, -0.05) is 140 Å². The van der Waals surface area contributed by atoms with Crippen LogP contribution in [0.2, 0.25) is 0 Å². The summed E-state index contributed by atoms with van der Waals surface area (Å²) >= 11 is 1.87. The third-order valence-electron chi connectivity index (χ3n) is 10.5. The first-order valence-electron chi connectivity index (χ1n) is 17.1. The van der Waals surface area contributed by atoms with Crippen molar-refractivity contribution in [1.29, 1.82) is 0 Å². The van der Waals surface area contributed by atoms with E-state index in [4.69, 9.17) is 4.42 Å². The smallest absolute Gasteiger partial charge is 0.135 e. The van der Waals surface area contributed by atoms with Crippen molar-refractivity contribution in [2.24, 2.45) is 0 Å². The number of hydrogen-bond donors (Lipinski definition) is 0. The Morgan fingerprint density at radius 3 is 1.74 bits per heavy atom. The van der Waals surface area contributed by atoms with Crippen molar-refractivity contribution >= 4 is 85.6 Å². The van der Waals surface area contributed by atoms with Gasteiger partial charge >= 0.3 is 0 Å². The van der Waals surface area contributed by atoms with Crippen LogP contribution in [-0.4, -0.2) is 0 Å². The Balaban J connectivity index is 1.12. The molecular weight excluding hydrogens is 625 g/mol. The fraction of sp³-hybridized carbons (Fsp3) is 0. The fourth-order valence-electron chi connectivity index (χ4n) is 8.21. The molecule has 50 heavy (non-hydrogen) atoms. The summed E-state index contributed by atoms with van der Waals surface area (Å²) in [6.45, 7) is 0. The van der Waals surface area contributed by atoms with Crippen LogP contribution in [0.5, 0.6) is 0 Å². The lowest BCUT2D eigenvalue weighted by molar-refractivity contribution is 0.617. The molecular formula is C48H28OS. The van der Waals surface area contributed by atoms with Gasteiger partial charge in [0.2, 0.25) is 0 Å². The molecule has 11 rings (SSSR count). The summed E-state index contributed by atoms with van der Waals surface area (Å²) in [5.74, 6) is 0. The van der Waals surface area contributed by atoms with Gasteiger partial charge in [0.25, 0.3) is 0 Å². The van der Waals surface area contributed by atoms with E-state index in [1.54, 1.807) is 0 Å². The van der Waals surface area contributed by atoms with Crippen LogP contribution in [-0.2, 0) is 0 Å². The van der Waals surface area contributed by atoms with Crippen LogP contribution in [0.15, 0.2) is 174 Å². The molecule has 1 nitrogen and oxygen atoms in total. The highest BCUT2D eigenvalue weighted by atomic mass is 32.1. The predicted molar refractivity (Wildman–Crippen MR) is 215 cm³/mol. The van der Waals surface area contributed by atoms with Crippen LogP contribution in [0, 0.1) is 0 Å². The quantitative estimate of drug-likeness (QED) is 0.173. The average molecular weight is 653 g/mol. The molecule has 0 N–H and O–H groups in total. The van der Waals surface area contributed by atoms with Gasteiger partial charge in [-0.3, -0.25) is 0 Å². The van der Waals surface area contributed by atoms with Crippen LogP contribution in [0.25, 0.3) is 108 Å². The van der Waals surface area contributed by atoms with Gasteiger partial charge < -0.3 is 4.42 Å². The lowest BCUT2D eigenvalue weighted by Gasteiger charge is -2.18. The molecule has 2 heterocycles. The van der Waals surface area contributed by atoms with Gasteiger partial charge in [-0.2, -0.15) is 0 Å². The Morgan fingerprint density at radius 2 is 0.960 bits per heavy atom. The second-order valence-electron chi connectivity index (χ2n) is 13.2. The van der Waals surface area contributed by atoms with Crippen LogP contribution < -0.4 is 0 Å². The van der Waals surface area contributed by atoms with Crippen LogP contribution >= 0.6 is 11.3 Å². The Morgan fingerprint density at radius 1 is 0.340 bits per heavy atom. The van der Waals surface area contributed by atoms with Gasteiger partial charge in [-0.05, 0) is 95.2 Å². The predicted octanol–water partition coefficient (Wildman–Crippen LogP) is 14.4. The van der Waals surface area contributed by atoms with Crippen molar-refractivity contribution in [1.82, 2.24) is 0 Å². The molecule has 0 atom stereocenters. The summed E-state index contributed by atoms with van der Waals surface area (Å²) in [6.07, 6.45) is 1.91. The lowest BCUT2D eigenvalue weighted by atomic mass is 9.84. The topological polar surface area (TPSA) is 13.1 Å². The largest absolute Gasteiger partial charge is 0.464 e. The highest BCUT2D eigenvalue weighted by Gasteiger charge is 2.19. The molecule has 0 aliphatic carbocycles. The van der Waals surface area contributed by atoms with E-state index in [0.717, 1.165) is 16.5 Å². The summed E-state index contributed by atoms with van der Waals surface area (Å²) in [7, 11) is 0. The molecule has 0 saturated carbocycles. The number of thiophene rings is 1. The second kappa shape index (κ2) is 10.6. The summed E-state index contributed by atoms with van der Waals surface area (Å²) in [6, 6.07) is 60.0. The lowest BCUT2D eigenvalue weighted by Crippen LogP contribution is -1.91. The first-order valence-corrected chi connectivity index (χ1v) is 17.9. The van der Waals surface area contributed by atoms with Crippen LogP contribution in [0.1, 0.15) is 0 Å². The molecule has 0 amide bonds. The second-order valence-corrected chi connectivity index (χ2v) is 14.3. The minimum atomic E-state index is 0.922. The molecule has 11 aromatic rings. The molecule has 0 radical (unpaired) electrons. The normalized spacial score (nSPS) is 12.0. The molecule has 0 unspecified atom stereocenters. The minimum absolute atomic E-state index is 0.922. The van der Waals surface area contributed by atoms with Gasteiger partial charge in [0.1, 0.15) is 5.58 Å². The van der Waals surface area contributed by atoms with Crippen molar-refractivity contribution in [2.75, 3.05) is 0 Å². The van der Waals surface area contributed by atoms with E-state index in [-0.39, 0.29) is 0 Å². The van der Waals surface area contributed by atoms with E-state index in [1.807, 2.05) is 17.6 Å². The SMILES string of the molecule is c1ccc2cc(-c3coc4cc5c(cc34)sc3cc(-c4c6ccccc6c(-c6cccc7ccccc67)c6ccccc46)ccc35)ccc2c1. The van der Waals surface area contributed by atoms with E-state index in [9.17, 15) is 0 Å². The minimum Gasteiger partial charge on any atom is -0.464 e. The number of furan rings is 1. The van der Waals surface area contributed by atoms with Crippen molar-refractivity contribution in [3.05, 3.63) is 170 Å². The zero-order chi connectivity index (χ0) is 32.8. The fourth-order valence-corrected chi connectivity index (χ4v) is 9.37. The molecule has 9 aromatic carbocycles. The Hall–Kier alpha value is -6.22. The molecule has 232 valence electrons. The van der Waals surface area contributed by atoms with E-state index in [1.165, 1.54) is 91.1 Å². The van der Waals surface area contributed by atoms with Gasteiger partial charge in [-0.15, -0.1) is 11.3 Å². The first kappa shape index (κ1) is 27.7. The van der Waals surface area contributed by atoms with Crippen LogP contribution in [0.3, 0.4) is 0 Å². The standard InChI is InChI=1S/C48H28OS/c1-2-12-31-24-32(21-20-29(31)10-1)43-28-49-44-26-42-35-23-22-33(25-45(35)50-46(42)27-41(43)44)47-37-15-5-7-17-39(37)48(40-18-8-6-16-38(40)47)36-19-9-13-30-11-3-4-14-34(30)36/h1-28H. The van der Waals surface area contributed by atoms with E-state index in [2.05, 4.69) is 164 Å². The first-order chi connectivity index (χ1) is 24.8. The highest BCUT2D eigenvalue weighted by molar-refractivity contribution is 7.26. The van der Waals surface area contributed by atoms with Crippen molar-refractivity contribution < 1.29 is 4.42 Å². The molecule has 0 spiro atoms. The van der Waals surface area contributed by atoms with Gasteiger partial charge in [-0.25, -0.2) is 0 Å². The average Bonchev–Trinajstić information content (AvgIpc) is 3.75. The van der Waals surface area contributed by atoms with Crippen molar-refractivity contribution in [3.8, 4) is 33.4 Å². The number of benzene rings is 9. The van der Waals surface area contributed by atoms with Crippen LogP contribution in [0.4, 0.5) is 0 Å². The summed E-state index contributed by atoms with van der Waals surface area (Å²) in [5.41, 5.74) is 8.32.